The van der Waals surface area contributed by atoms with E-state index < -0.39 is 42.5 Å². The Balaban J connectivity index is 1.87. The van der Waals surface area contributed by atoms with Crippen molar-refractivity contribution in [1.82, 2.24) is 15.1 Å². The zero-order valence-corrected chi connectivity index (χ0v) is 17.0. The molecule has 12 heteroatoms. The van der Waals surface area contributed by atoms with Crippen LogP contribution in [0.3, 0.4) is 0 Å². The number of urea groups is 1. The maximum Gasteiger partial charge on any atom is 0.408 e. The fourth-order valence-corrected chi connectivity index (χ4v) is 2.72. The molecule has 0 spiro atoms. The van der Waals surface area contributed by atoms with Crippen molar-refractivity contribution < 1.29 is 33.8 Å². The molecule has 0 aromatic heterocycles. The molecule has 12 nitrogen and oxygen atoms in total. The Morgan fingerprint density at radius 2 is 2.03 bits per heavy atom. The Bertz CT molecular complexity index is 860. The predicted molar refractivity (Wildman–Crippen MR) is 108 cm³/mol. The Morgan fingerprint density at radius 1 is 1.29 bits per heavy atom. The molecule has 1 aromatic rings. The van der Waals surface area contributed by atoms with Gasteiger partial charge in [0.25, 0.3) is 5.91 Å². The van der Waals surface area contributed by atoms with Gasteiger partial charge in [0, 0.05) is 12.2 Å². The van der Waals surface area contributed by atoms with Crippen LogP contribution in [0, 0.1) is 0 Å². The molecular weight excluding hydrogens is 410 g/mol. The van der Waals surface area contributed by atoms with Crippen LogP contribution in [0.25, 0.3) is 0 Å². The van der Waals surface area contributed by atoms with Crippen molar-refractivity contribution in [2.75, 3.05) is 31.5 Å². The van der Waals surface area contributed by atoms with Crippen LogP contribution in [-0.4, -0.2) is 77.0 Å². The van der Waals surface area contributed by atoms with Crippen molar-refractivity contribution >= 4 is 35.6 Å². The number of anilines is 1. The summed E-state index contributed by atoms with van der Waals surface area (Å²) in [6, 6.07) is 4.78. The van der Waals surface area contributed by atoms with Crippen molar-refractivity contribution in [3.8, 4) is 0 Å². The lowest BCUT2D eigenvalue weighted by atomic mass is 10.2. The summed E-state index contributed by atoms with van der Waals surface area (Å²) >= 11 is 0. The number of carboxylic acid groups (broad SMARTS) is 1. The van der Waals surface area contributed by atoms with Crippen LogP contribution in [0.15, 0.2) is 24.3 Å². The first-order chi connectivity index (χ1) is 14.7. The minimum Gasteiger partial charge on any atom is -0.480 e. The highest BCUT2D eigenvalue weighted by Crippen LogP contribution is 2.14. The van der Waals surface area contributed by atoms with Crippen molar-refractivity contribution in [3.05, 3.63) is 29.8 Å². The van der Waals surface area contributed by atoms with Crippen LogP contribution >= 0.6 is 0 Å². The molecule has 0 bridgehead atoms. The van der Waals surface area contributed by atoms with Gasteiger partial charge in [-0.2, -0.15) is 0 Å². The molecule has 0 aliphatic carbocycles. The molecule has 1 fully saturated rings. The van der Waals surface area contributed by atoms with Crippen LogP contribution in [0.2, 0.25) is 0 Å². The minimum absolute atomic E-state index is 0.0818. The van der Waals surface area contributed by atoms with E-state index in [4.69, 9.17) is 15.6 Å². The van der Waals surface area contributed by atoms with E-state index in [2.05, 4.69) is 10.6 Å². The highest BCUT2D eigenvalue weighted by molar-refractivity contribution is 6.06. The molecule has 2 rings (SSSR count). The number of hydrogen-bond donors (Lipinski definition) is 4. The number of benzene rings is 1. The van der Waals surface area contributed by atoms with Gasteiger partial charge >= 0.3 is 18.1 Å². The molecule has 1 saturated heterocycles. The smallest absolute Gasteiger partial charge is 0.408 e. The van der Waals surface area contributed by atoms with Crippen LogP contribution < -0.4 is 16.4 Å². The maximum absolute atomic E-state index is 12.3. The van der Waals surface area contributed by atoms with Gasteiger partial charge in [-0.05, 0) is 37.6 Å². The highest BCUT2D eigenvalue weighted by atomic mass is 16.5. The van der Waals surface area contributed by atoms with Crippen LogP contribution in [0.5, 0.6) is 0 Å². The first-order valence-electron chi connectivity index (χ1n) is 9.55. The number of hydrogen-bond acceptors (Lipinski definition) is 7. The fraction of sp³-hybridized carbons (Fsp3) is 0.421. The standard InChI is InChI=1S/C19H25N5O7/c1-12(17(27)28)21-18(29)31-11-13-4-2-5-14(8-13)22-15(25)9-24-16(26)10-23(19(24)30)7-3-6-20/h2,4-5,8,12H,3,6-7,9-11,20H2,1H3,(H,21,29)(H,22,25)(H,27,28). The van der Waals surface area contributed by atoms with E-state index in [9.17, 15) is 24.0 Å². The second-order valence-corrected chi connectivity index (χ2v) is 6.86. The number of carbonyl (C=O) groups is 5. The molecular formula is C19H25N5O7. The normalized spacial score (nSPS) is 14.4. The zero-order valence-electron chi connectivity index (χ0n) is 17.0. The molecule has 5 N–H and O–H groups in total. The van der Waals surface area contributed by atoms with Gasteiger partial charge in [0.1, 0.15) is 25.7 Å². The fourth-order valence-electron chi connectivity index (χ4n) is 2.72. The molecule has 1 unspecified atom stereocenters. The Kier molecular flexibility index (Phi) is 8.32. The van der Waals surface area contributed by atoms with Crippen LogP contribution in [-0.2, 0) is 25.7 Å². The minimum atomic E-state index is -1.20. The number of rotatable bonds is 10. The van der Waals surface area contributed by atoms with E-state index in [0.29, 0.717) is 30.8 Å². The summed E-state index contributed by atoms with van der Waals surface area (Å²) in [5, 5.41) is 13.5. The third-order valence-corrected chi connectivity index (χ3v) is 4.35. The molecule has 1 atom stereocenters. The van der Waals surface area contributed by atoms with E-state index in [1.54, 1.807) is 24.3 Å². The Hall–Kier alpha value is -3.67. The van der Waals surface area contributed by atoms with Gasteiger partial charge in [0.05, 0.1) is 0 Å². The third-order valence-electron chi connectivity index (χ3n) is 4.35. The molecule has 1 heterocycles. The van der Waals surface area contributed by atoms with E-state index in [0.717, 1.165) is 4.90 Å². The van der Waals surface area contributed by atoms with Gasteiger partial charge in [0.2, 0.25) is 5.91 Å². The van der Waals surface area contributed by atoms with Crippen molar-refractivity contribution in [2.24, 2.45) is 5.73 Å². The number of nitrogens with two attached hydrogens (primary N) is 1. The van der Waals surface area contributed by atoms with Crippen LogP contribution in [0.1, 0.15) is 18.9 Å². The Morgan fingerprint density at radius 3 is 2.71 bits per heavy atom. The van der Waals surface area contributed by atoms with Crippen molar-refractivity contribution in [2.45, 2.75) is 26.0 Å². The SMILES string of the molecule is CC(NC(=O)OCc1cccc(NC(=O)CN2C(=O)CN(CCCN)C2=O)c1)C(=O)O. The number of aliphatic carboxylic acids is 1. The molecule has 1 aromatic carbocycles. The van der Waals surface area contributed by atoms with Gasteiger partial charge in [-0.1, -0.05) is 12.1 Å². The van der Waals surface area contributed by atoms with Gasteiger partial charge in [-0.3, -0.25) is 19.3 Å². The summed E-state index contributed by atoms with van der Waals surface area (Å²) in [6.45, 7) is 1.38. The van der Waals surface area contributed by atoms with E-state index in [1.165, 1.54) is 11.8 Å². The second-order valence-electron chi connectivity index (χ2n) is 6.86. The number of carbonyl (C=O) groups excluding carboxylic acids is 4. The summed E-state index contributed by atoms with van der Waals surface area (Å²) in [7, 11) is 0. The van der Waals surface area contributed by atoms with Gasteiger partial charge in [-0.25, -0.2) is 9.59 Å². The zero-order chi connectivity index (χ0) is 23.0. The number of nitrogens with zero attached hydrogens (tertiary/aromatic N) is 2. The van der Waals surface area contributed by atoms with E-state index >= 15 is 0 Å². The first-order valence-corrected chi connectivity index (χ1v) is 9.55. The average Bonchev–Trinajstić information content (AvgIpc) is 2.98. The van der Waals surface area contributed by atoms with Crippen molar-refractivity contribution in [3.63, 3.8) is 0 Å². The number of carboxylic acids is 1. The van der Waals surface area contributed by atoms with Crippen LogP contribution in [0.4, 0.5) is 15.3 Å². The lowest BCUT2D eigenvalue weighted by Crippen LogP contribution is -2.39. The second kappa shape index (κ2) is 10.9. The summed E-state index contributed by atoms with van der Waals surface area (Å²) in [6.07, 6.45) is -0.337. The number of alkyl carbamates (subject to hydrolysis) is 1. The summed E-state index contributed by atoms with van der Waals surface area (Å²) in [5.41, 5.74) is 6.33. The summed E-state index contributed by atoms with van der Waals surface area (Å²) in [4.78, 5) is 61.1. The van der Waals surface area contributed by atoms with Gasteiger partial charge in [0.15, 0.2) is 0 Å². The first kappa shape index (κ1) is 23.6. The number of amides is 5. The van der Waals surface area contributed by atoms with Gasteiger partial charge < -0.3 is 31.1 Å². The number of nitrogens with one attached hydrogen (secondary N) is 2. The summed E-state index contributed by atoms with van der Waals surface area (Å²) < 4.78 is 4.95. The molecule has 1 aliphatic rings. The summed E-state index contributed by atoms with van der Waals surface area (Å²) in [5.74, 6) is -2.21. The molecule has 0 saturated carbocycles. The number of imide groups is 1. The largest absolute Gasteiger partial charge is 0.480 e. The third kappa shape index (κ3) is 6.96. The molecule has 168 valence electrons. The lowest BCUT2D eigenvalue weighted by molar-refractivity contribution is -0.138. The quantitative estimate of drug-likeness (QED) is 0.370. The molecule has 1 aliphatic heterocycles. The average molecular weight is 435 g/mol. The molecule has 0 radical (unpaired) electrons. The highest BCUT2D eigenvalue weighted by Gasteiger charge is 2.36. The Labute approximate surface area is 178 Å². The molecule has 31 heavy (non-hydrogen) atoms. The van der Waals surface area contributed by atoms with E-state index in [1.807, 2.05) is 0 Å². The monoisotopic (exact) mass is 435 g/mol. The lowest BCUT2D eigenvalue weighted by Gasteiger charge is -2.16. The van der Waals surface area contributed by atoms with Crippen molar-refractivity contribution in [1.29, 1.82) is 0 Å². The van der Waals surface area contributed by atoms with Gasteiger partial charge in [-0.15, -0.1) is 0 Å². The molecule has 5 amide bonds. The van der Waals surface area contributed by atoms with E-state index in [-0.39, 0.29) is 13.2 Å². The topological polar surface area (TPSA) is 171 Å². The number of ether oxygens (including phenoxy) is 1. The maximum atomic E-state index is 12.3. The predicted octanol–water partition coefficient (Wildman–Crippen LogP) is -0.0626.